The molecule has 0 aliphatic carbocycles. The van der Waals surface area contributed by atoms with E-state index in [1.807, 2.05) is 37.4 Å². The van der Waals surface area contributed by atoms with E-state index in [0.717, 1.165) is 53.5 Å². The highest BCUT2D eigenvalue weighted by Crippen LogP contribution is 2.28. The summed E-state index contributed by atoms with van der Waals surface area (Å²) in [6, 6.07) is 7.70. The molecule has 2 aliphatic heterocycles. The van der Waals surface area contributed by atoms with Crippen molar-refractivity contribution in [3.8, 4) is 0 Å². The summed E-state index contributed by atoms with van der Waals surface area (Å²) < 4.78 is 0. The van der Waals surface area contributed by atoms with Gasteiger partial charge in [-0.3, -0.25) is 9.59 Å². The van der Waals surface area contributed by atoms with Crippen molar-refractivity contribution in [2.24, 2.45) is 23.5 Å². The summed E-state index contributed by atoms with van der Waals surface area (Å²) >= 11 is 0. The Bertz CT molecular complexity index is 998. The monoisotopic (exact) mass is 450 g/mol. The van der Waals surface area contributed by atoms with Crippen LogP contribution in [0.1, 0.15) is 44.4 Å². The molecule has 4 N–H and O–H groups in total. The van der Waals surface area contributed by atoms with Gasteiger partial charge in [-0.2, -0.15) is 0 Å². The summed E-state index contributed by atoms with van der Waals surface area (Å²) in [5.41, 5.74) is 9.20. The largest absolute Gasteiger partial charge is 0.369 e. The molecule has 2 fully saturated rings. The van der Waals surface area contributed by atoms with Gasteiger partial charge in [0.25, 0.3) is 0 Å². The number of aryl methyl sites for hydroxylation is 1. The molecule has 4 rings (SSSR count). The van der Waals surface area contributed by atoms with E-state index in [9.17, 15) is 9.59 Å². The molecule has 2 saturated heterocycles. The maximum atomic E-state index is 11.7. The van der Waals surface area contributed by atoms with Crippen LogP contribution in [0.4, 0.5) is 17.3 Å². The number of nitrogens with one attached hydrogen (secondary N) is 2. The zero-order valence-corrected chi connectivity index (χ0v) is 19.7. The minimum absolute atomic E-state index is 0.120. The minimum atomic E-state index is -0.454. The number of piperidine rings is 1. The van der Waals surface area contributed by atoms with Crippen molar-refractivity contribution in [3.05, 3.63) is 41.7 Å². The molecule has 0 bridgehead atoms. The summed E-state index contributed by atoms with van der Waals surface area (Å²) in [7, 11) is 0. The number of nitrogens with two attached hydrogens (primary N) is 1. The van der Waals surface area contributed by atoms with E-state index in [-0.39, 0.29) is 18.4 Å². The van der Waals surface area contributed by atoms with Crippen molar-refractivity contribution in [1.82, 2.24) is 15.3 Å². The molecule has 1 aromatic carbocycles. The SMILES string of the molecule is Cc1nc(N2CCC(C(C)C)CC2)ncc1Nc1ccc(CC2NC(=O)CC2C(N)=O)cc1. The van der Waals surface area contributed by atoms with Crippen LogP contribution in [-0.2, 0) is 16.0 Å². The van der Waals surface area contributed by atoms with Gasteiger partial charge in [0.05, 0.1) is 23.5 Å². The molecule has 176 valence electrons. The van der Waals surface area contributed by atoms with Gasteiger partial charge in [-0.1, -0.05) is 26.0 Å². The Morgan fingerprint density at radius 3 is 2.55 bits per heavy atom. The minimum Gasteiger partial charge on any atom is -0.369 e. The average molecular weight is 451 g/mol. The van der Waals surface area contributed by atoms with Crippen molar-refractivity contribution in [1.29, 1.82) is 0 Å². The van der Waals surface area contributed by atoms with Crippen molar-refractivity contribution in [2.45, 2.75) is 52.5 Å². The highest BCUT2D eigenvalue weighted by Gasteiger charge is 2.36. The van der Waals surface area contributed by atoms with Crippen LogP contribution in [0, 0.1) is 24.7 Å². The molecule has 0 saturated carbocycles. The number of benzene rings is 1. The third kappa shape index (κ3) is 5.43. The molecule has 2 unspecified atom stereocenters. The smallest absolute Gasteiger partial charge is 0.225 e. The first kappa shape index (κ1) is 23.0. The van der Waals surface area contributed by atoms with E-state index >= 15 is 0 Å². The molecule has 2 aromatic rings. The van der Waals surface area contributed by atoms with Crippen LogP contribution in [0.15, 0.2) is 30.5 Å². The number of carbonyl (C=O) groups excluding carboxylic acids is 2. The van der Waals surface area contributed by atoms with Gasteiger partial charge < -0.3 is 21.3 Å². The number of hydrogen-bond donors (Lipinski definition) is 3. The normalized spacial score (nSPS) is 21.3. The third-order valence-electron chi connectivity index (χ3n) is 7.02. The number of rotatable bonds is 7. The Morgan fingerprint density at radius 1 is 1.24 bits per heavy atom. The Kier molecular flexibility index (Phi) is 6.81. The average Bonchev–Trinajstić information content (AvgIpc) is 3.17. The lowest BCUT2D eigenvalue weighted by Crippen LogP contribution is -2.37. The second kappa shape index (κ2) is 9.77. The van der Waals surface area contributed by atoms with E-state index < -0.39 is 11.8 Å². The Labute approximate surface area is 195 Å². The molecule has 8 nitrogen and oxygen atoms in total. The number of nitrogens with zero attached hydrogens (tertiary/aromatic N) is 3. The maximum Gasteiger partial charge on any atom is 0.225 e. The number of primary amides is 1. The lowest BCUT2D eigenvalue weighted by Gasteiger charge is -2.34. The van der Waals surface area contributed by atoms with Gasteiger partial charge in [0, 0.05) is 31.2 Å². The van der Waals surface area contributed by atoms with Crippen molar-refractivity contribution in [3.63, 3.8) is 0 Å². The van der Waals surface area contributed by atoms with E-state index in [2.05, 4.69) is 34.4 Å². The molecule has 3 heterocycles. The molecule has 2 amide bonds. The van der Waals surface area contributed by atoms with Crippen LogP contribution >= 0.6 is 0 Å². The number of amides is 2. The van der Waals surface area contributed by atoms with Crippen LogP contribution in [0.2, 0.25) is 0 Å². The molecule has 0 spiro atoms. The topological polar surface area (TPSA) is 113 Å². The fraction of sp³-hybridized carbons (Fsp3) is 0.520. The maximum absolute atomic E-state index is 11.7. The summed E-state index contributed by atoms with van der Waals surface area (Å²) in [6.45, 7) is 8.62. The van der Waals surface area contributed by atoms with E-state index in [4.69, 9.17) is 10.7 Å². The fourth-order valence-electron chi connectivity index (χ4n) is 4.83. The third-order valence-corrected chi connectivity index (χ3v) is 7.02. The van der Waals surface area contributed by atoms with Gasteiger partial charge in [-0.25, -0.2) is 9.97 Å². The molecule has 33 heavy (non-hydrogen) atoms. The van der Waals surface area contributed by atoms with E-state index in [1.165, 1.54) is 12.8 Å². The van der Waals surface area contributed by atoms with Gasteiger partial charge in [-0.05, 0) is 55.7 Å². The zero-order chi connectivity index (χ0) is 23.5. The predicted octanol–water partition coefficient (Wildman–Crippen LogP) is 2.93. The number of hydrogen-bond acceptors (Lipinski definition) is 6. The first-order chi connectivity index (χ1) is 15.8. The first-order valence-corrected chi connectivity index (χ1v) is 11.8. The lowest BCUT2D eigenvalue weighted by atomic mass is 9.87. The summed E-state index contributed by atoms with van der Waals surface area (Å²) in [5, 5.41) is 6.25. The summed E-state index contributed by atoms with van der Waals surface area (Å²) in [4.78, 5) is 34.9. The van der Waals surface area contributed by atoms with Gasteiger partial charge in [0.2, 0.25) is 17.8 Å². The Morgan fingerprint density at radius 2 is 1.94 bits per heavy atom. The highest BCUT2D eigenvalue weighted by atomic mass is 16.2. The Balaban J connectivity index is 1.36. The van der Waals surface area contributed by atoms with Crippen LogP contribution in [0.25, 0.3) is 0 Å². The van der Waals surface area contributed by atoms with Gasteiger partial charge >= 0.3 is 0 Å². The Hall–Kier alpha value is -3.16. The molecule has 2 atom stereocenters. The van der Waals surface area contributed by atoms with Crippen molar-refractivity contribution >= 4 is 29.1 Å². The highest BCUT2D eigenvalue weighted by molar-refractivity contribution is 5.89. The quantitative estimate of drug-likeness (QED) is 0.598. The van der Waals surface area contributed by atoms with Crippen LogP contribution in [0.5, 0.6) is 0 Å². The molecule has 0 radical (unpaired) electrons. The summed E-state index contributed by atoms with van der Waals surface area (Å²) in [5.74, 6) is 1.32. The molecule has 1 aromatic heterocycles. The summed E-state index contributed by atoms with van der Waals surface area (Å²) in [6.07, 6.45) is 4.98. The second-order valence-corrected chi connectivity index (χ2v) is 9.65. The second-order valence-electron chi connectivity index (χ2n) is 9.65. The van der Waals surface area contributed by atoms with Crippen molar-refractivity contribution in [2.75, 3.05) is 23.3 Å². The van der Waals surface area contributed by atoms with Gasteiger partial charge in [0.15, 0.2) is 0 Å². The van der Waals surface area contributed by atoms with Crippen LogP contribution in [0.3, 0.4) is 0 Å². The standard InChI is InChI=1S/C25H34N6O2/c1-15(2)18-8-10-31(11-9-18)25-27-14-22(16(3)28-25)29-19-6-4-17(5-7-19)12-21-20(24(26)33)13-23(32)30-21/h4-7,14-15,18,20-21,29H,8-13H2,1-3H3,(H2,26,33)(H,30,32). The van der Waals surface area contributed by atoms with Crippen molar-refractivity contribution < 1.29 is 9.59 Å². The van der Waals surface area contributed by atoms with Crippen LogP contribution in [-0.4, -0.2) is 40.9 Å². The van der Waals surface area contributed by atoms with Crippen LogP contribution < -0.4 is 21.3 Å². The fourth-order valence-corrected chi connectivity index (χ4v) is 4.83. The molecule has 8 heteroatoms. The van der Waals surface area contributed by atoms with Gasteiger partial charge in [-0.15, -0.1) is 0 Å². The predicted molar refractivity (Wildman–Crippen MR) is 129 cm³/mol. The van der Waals surface area contributed by atoms with Gasteiger partial charge in [0.1, 0.15) is 0 Å². The lowest BCUT2D eigenvalue weighted by molar-refractivity contribution is -0.124. The zero-order valence-electron chi connectivity index (χ0n) is 19.7. The molecular weight excluding hydrogens is 416 g/mol. The number of carbonyl (C=O) groups is 2. The van der Waals surface area contributed by atoms with E-state index in [0.29, 0.717) is 6.42 Å². The molecular formula is C25H34N6O2. The van der Waals surface area contributed by atoms with E-state index in [1.54, 1.807) is 0 Å². The molecule has 2 aliphatic rings. The first-order valence-electron chi connectivity index (χ1n) is 11.8. The number of anilines is 3. The number of aromatic nitrogens is 2.